The van der Waals surface area contributed by atoms with Crippen molar-refractivity contribution in [2.45, 2.75) is 12.3 Å². The summed E-state index contributed by atoms with van der Waals surface area (Å²) >= 11 is 3.17. The summed E-state index contributed by atoms with van der Waals surface area (Å²) in [5, 5.41) is 0.452. The van der Waals surface area contributed by atoms with E-state index in [2.05, 4.69) is 15.9 Å². The highest BCUT2D eigenvalue weighted by molar-refractivity contribution is 9.08. The molecule has 0 N–H and O–H groups in total. The highest BCUT2D eigenvalue weighted by Crippen LogP contribution is 2.22. The Bertz CT molecular complexity index is 325. The minimum absolute atomic E-state index is 0.342. The Morgan fingerprint density at radius 3 is 2.85 bits per heavy atom. The van der Waals surface area contributed by atoms with E-state index >= 15 is 0 Å². The molecule has 0 fully saturated rings. The van der Waals surface area contributed by atoms with Crippen LogP contribution in [0, 0.1) is 5.82 Å². The van der Waals surface area contributed by atoms with Crippen LogP contribution in [0.25, 0.3) is 0 Å². The predicted octanol–water partition coefficient (Wildman–Crippen LogP) is 2.65. The van der Waals surface area contributed by atoms with E-state index in [1.807, 2.05) is 0 Å². The molecule has 0 unspecified atom stereocenters. The van der Waals surface area contributed by atoms with Gasteiger partial charge in [-0.1, -0.05) is 15.9 Å². The number of halogens is 2. The molecule has 0 saturated heterocycles. The molecule has 0 saturated carbocycles. The van der Waals surface area contributed by atoms with Crippen molar-refractivity contribution in [1.82, 2.24) is 0 Å². The SMILES string of the molecule is CC(=O)Oc1ccc(F)cc1CBr. The molecule has 70 valence electrons. The minimum Gasteiger partial charge on any atom is -0.426 e. The standard InChI is InChI=1S/C9H8BrFO2/c1-6(12)13-9-3-2-8(11)4-7(9)5-10/h2-4H,5H2,1H3. The highest BCUT2D eigenvalue weighted by Gasteiger charge is 2.05. The number of carbonyl (C=O) groups is 1. The number of alkyl halides is 1. The fraction of sp³-hybridized carbons (Fsp3) is 0.222. The molecule has 0 amide bonds. The zero-order chi connectivity index (χ0) is 9.84. The van der Waals surface area contributed by atoms with E-state index in [1.165, 1.54) is 25.1 Å². The van der Waals surface area contributed by atoms with Gasteiger partial charge in [0, 0.05) is 17.8 Å². The van der Waals surface area contributed by atoms with E-state index in [0.29, 0.717) is 16.6 Å². The molecule has 0 aliphatic heterocycles. The van der Waals surface area contributed by atoms with E-state index in [1.54, 1.807) is 0 Å². The molecule has 0 aromatic heterocycles. The summed E-state index contributed by atoms with van der Waals surface area (Å²) < 4.78 is 17.6. The summed E-state index contributed by atoms with van der Waals surface area (Å²) in [6, 6.07) is 4.02. The normalized spacial score (nSPS) is 9.77. The molecule has 13 heavy (non-hydrogen) atoms. The molecular weight excluding hydrogens is 239 g/mol. The van der Waals surface area contributed by atoms with Gasteiger partial charge >= 0.3 is 5.97 Å². The van der Waals surface area contributed by atoms with Gasteiger partial charge in [-0.25, -0.2) is 4.39 Å². The van der Waals surface area contributed by atoms with Crippen molar-refractivity contribution in [2.24, 2.45) is 0 Å². The molecule has 0 aliphatic carbocycles. The maximum Gasteiger partial charge on any atom is 0.308 e. The Hall–Kier alpha value is -0.900. The van der Waals surface area contributed by atoms with Crippen LogP contribution in [0.5, 0.6) is 5.75 Å². The van der Waals surface area contributed by atoms with Gasteiger partial charge in [-0.05, 0) is 18.2 Å². The van der Waals surface area contributed by atoms with Gasteiger partial charge in [0.15, 0.2) is 0 Å². The van der Waals surface area contributed by atoms with E-state index in [4.69, 9.17) is 4.74 Å². The number of esters is 1. The number of rotatable bonds is 2. The number of hydrogen-bond donors (Lipinski definition) is 0. The van der Waals surface area contributed by atoms with Crippen LogP contribution in [0.3, 0.4) is 0 Å². The number of ether oxygens (including phenoxy) is 1. The average Bonchev–Trinajstić information content (AvgIpc) is 2.07. The fourth-order valence-electron chi connectivity index (χ4n) is 0.907. The molecule has 0 radical (unpaired) electrons. The summed E-state index contributed by atoms with van der Waals surface area (Å²) in [6.45, 7) is 1.31. The zero-order valence-corrected chi connectivity index (χ0v) is 8.60. The van der Waals surface area contributed by atoms with Gasteiger partial charge in [-0.15, -0.1) is 0 Å². The van der Waals surface area contributed by atoms with Crippen LogP contribution in [-0.4, -0.2) is 5.97 Å². The summed E-state index contributed by atoms with van der Waals surface area (Å²) in [5.41, 5.74) is 0.621. The van der Waals surface area contributed by atoms with E-state index < -0.39 is 5.97 Å². The average molecular weight is 247 g/mol. The van der Waals surface area contributed by atoms with E-state index in [-0.39, 0.29) is 5.82 Å². The van der Waals surface area contributed by atoms with Gasteiger partial charge in [0.2, 0.25) is 0 Å². The Kier molecular flexibility index (Phi) is 3.42. The summed E-state index contributed by atoms with van der Waals surface area (Å²) in [5.74, 6) is -0.357. The molecule has 0 aliphatic rings. The van der Waals surface area contributed by atoms with Crippen molar-refractivity contribution in [3.05, 3.63) is 29.6 Å². The summed E-state index contributed by atoms with van der Waals surface area (Å²) in [4.78, 5) is 10.6. The first-order valence-corrected chi connectivity index (χ1v) is 4.78. The summed E-state index contributed by atoms with van der Waals surface area (Å²) in [6.07, 6.45) is 0. The number of benzene rings is 1. The van der Waals surface area contributed by atoms with Crippen LogP contribution in [0.2, 0.25) is 0 Å². The Morgan fingerprint density at radius 1 is 1.62 bits per heavy atom. The lowest BCUT2D eigenvalue weighted by Gasteiger charge is -2.05. The number of carbonyl (C=O) groups excluding carboxylic acids is 1. The highest BCUT2D eigenvalue weighted by atomic mass is 79.9. The van der Waals surface area contributed by atoms with Crippen LogP contribution in [-0.2, 0) is 10.1 Å². The second-order valence-corrected chi connectivity index (χ2v) is 3.04. The molecule has 1 aromatic rings. The molecule has 0 heterocycles. The third kappa shape index (κ3) is 2.81. The van der Waals surface area contributed by atoms with Crippen molar-refractivity contribution >= 4 is 21.9 Å². The van der Waals surface area contributed by atoms with Gasteiger partial charge < -0.3 is 4.74 Å². The van der Waals surface area contributed by atoms with Crippen LogP contribution >= 0.6 is 15.9 Å². The third-order valence-corrected chi connectivity index (χ3v) is 2.02. The zero-order valence-electron chi connectivity index (χ0n) is 7.01. The quantitative estimate of drug-likeness (QED) is 0.456. The van der Waals surface area contributed by atoms with Gasteiger partial charge in [0.25, 0.3) is 0 Å². The van der Waals surface area contributed by atoms with Crippen molar-refractivity contribution < 1.29 is 13.9 Å². The Morgan fingerprint density at radius 2 is 2.31 bits per heavy atom. The van der Waals surface area contributed by atoms with Crippen molar-refractivity contribution in [2.75, 3.05) is 0 Å². The topological polar surface area (TPSA) is 26.3 Å². The largest absolute Gasteiger partial charge is 0.426 e. The van der Waals surface area contributed by atoms with Crippen molar-refractivity contribution in [1.29, 1.82) is 0 Å². The lowest BCUT2D eigenvalue weighted by atomic mass is 10.2. The van der Waals surface area contributed by atoms with Crippen LogP contribution in [0.15, 0.2) is 18.2 Å². The summed E-state index contributed by atoms with van der Waals surface area (Å²) in [7, 11) is 0. The molecule has 0 spiro atoms. The molecule has 2 nitrogen and oxygen atoms in total. The van der Waals surface area contributed by atoms with E-state index in [0.717, 1.165) is 0 Å². The van der Waals surface area contributed by atoms with Gasteiger partial charge in [0.05, 0.1) is 0 Å². The van der Waals surface area contributed by atoms with Gasteiger partial charge in [-0.2, -0.15) is 0 Å². The fourth-order valence-corrected chi connectivity index (χ4v) is 1.35. The van der Waals surface area contributed by atoms with Crippen LogP contribution in [0.1, 0.15) is 12.5 Å². The number of hydrogen-bond acceptors (Lipinski definition) is 2. The lowest BCUT2D eigenvalue weighted by Crippen LogP contribution is -2.03. The second kappa shape index (κ2) is 4.37. The smallest absolute Gasteiger partial charge is 0.308 e. The van der Waals surface area contributed by atoms with Gasteiger partial charge in [0.1, 0.15) is 11.6 Å². The second-order valence-electron chi connectivity index (χ2n) is 2.48. The van der Waals surface area contributed by atoms with Gasteiger partial charge in [-0.3, -0.25) is 4.79 Å². The lowest BCUT2D eigenvalue weighted by molar-refractivity contribution is -0.131. The molecule has 4 heteroatoms. The van der Waals surface area contributed by atoms with Crippen LogP contribution < -0.4 is 4.74 Å². The molecule has 0 atom stereocenters. The third-order valence-electron chi connectivity index (χ3n) is 1.42. The molecule has 0 bridgehead atoms. The minimum atomic E-state index is -0.409. The maximum absolute atomic E-state index is 12.7. The predicted molar refractivity (Wildman–Crippen MR) is 50.3 cm³/mol. The molecule has 1 rings (SSSR count). The molecular formula is C9H8BrFO2. The first-order chi connectivity index (χ1) is 6.13. The maximum atomic E-state index is 12.7. The van der Waals surface area contributed by atoms with Crippen molar-refractivity contribution in [3.8, 4) is 5.75 Å². The first-order valence-electron chi connectivity index (χ1n) is 3.66. The Labute approximate surface area is 83.8 Å². The molecule has 1 aromatic carbocycles. The first kappa shape index (κ1) is 10.2. The van der Waals surface area contributed by atoms with E-state index in [9.17, 15) is 9.18 Å². The van der Waals surface area contributed by atoms with Crippen LogP contribution in [0.4, 0.5) is 4.39 Å². The monoisotopic (exact) mass is 246 g/mol. The Balaban J connectivity index is 2.99. The van der Waals surface area contributed by atoms with Crippen molar-refractivity contribution in [3.63, 3.8) is 0 Å².